The lowest BCUT2D eigenvalue weighted by Gasteiger charge is -2.26. The van der Waals surface area contributed by atoms with Crippen LogP contribution in [0.5, 0.6) is 0 Å². The molecule has 144 valence electrons. The molecule has 0 fully saturated rings. The van der Waals surface area contributed by atoms with E-state index in [2.05, 4.69) is 4.98 Å². The summed E-state index contributed by atoms with van der Waals surface area (Å²) in [5.41, 5.74) is 2.54. The fourth-order valence-corrected chi connectivity index (χ4v) is 3.69. The van der Waals surface area contributed by atoms with Crippen molar-refractivity contribution in [3.05, 3.63) is 76.5 Å². The molecule has 3 aromatic rings. The van der Waals surface area contributed by atoms with Crippen LogP contribution < -0.4 is 0 Å². The number of hydrogen-bond donors (Lipinski definition) is 1. The molecule has 0 atom stereocenters. The zero-order chi connectivity index (χ0) is 19.9. The predicted molar refractivity (Wildman–Crippen MR) is 103 cm³/mol. The number of aromatic nitrogens is 1. The van der Waals surface area contributed by atoms with Gasteiger partial charge in [-0.2, -0.15) is 13.2 Å². The second-order valence-corrected chi connectivity index (χ2v) is 7.08. The highest BCUT2D eigenvalue weighted by atomic mass is 35.5. The van der Waals surface area contributed by atoms with E-state index in [9.17, 15) is 18.0 Å². The molecule has 28 heavy (non-hydrogen) atoms. The topological polar surface area (TPSA) is 36.1 Å². The van der Waals surface area contributed by atoms with Crippen molar-refractivity contribution in [2.75, 3.05) is 13.1 Å². The molecule has 0 unspecified atom stereocenters. The number of fused-ring (bicyclic) bond motifs is 1. The maximum absolute atomic E-state index is 12.7. The number of carbonyl (C=O) groups excluding carboxylic acids is 1. The molecule has 0 saturated carbocycles. The Morgan fingerprint density at radius 1 is 1.11 bits per heavy atom. The van der Waals surface area contributed by atoms with Gasteiger partial charge in [-0.3, -0.25) is 4.79 Å². The molecule has 1 aromatic heterocycles. The van der Waals surface area contributed by atoms with Gasteiger partial charge in [-0.05, 0) is 42.3 Å². The fourth-order valence-electron chi connectivity index (χ4n) is 3.47. The second-order valence-electron chi connectivity index (χ2n) is 6.67. The van der Waals surface area contributed by atoms with E-state index in [1.807, 2.05) is 30.5 Å². The molecule has 7 heteroatoms. The minimum Gasteiger partial charge on any atom is -0.359 e. The van der Waals surface area contributed by atoms with E-state index < -0.39 is 11.7 Å². The molecule has 1 N–H and O–H groups in total. The van der Waals surface area contributed by atoms with Crippen LogP contribution in [0, 0.1) is 0 Å². The third-order valence-corrected chi connectivity index (χ3v) is 5.28. The van der Waals surface area contributed by atoms with Gasteiger partial charge in [0.2, 0.25) is 0 Å². The Morgan fingerprint density at radius 3 is 2.50 bits per heavy atom. The molecular formula is C21H16ClF3N2O. The summed E-state index contributed by atoms with van der Waals surface area (Å²) in [6.07, 6.45) is 0.142. The zero-order valence-electron chi connectivity index (χ0n) is 14.7. The minimum absolute atomic E-state index is 0.253. The average molecular weight is 405 g/mol. The van der Waals surface area contributed by atoms with Crippen LogP contribution in [0.4, 0.5) is 13.2 Å². The summed E-state index contributed by atoms with van der Waals surface area (Å²) in [7, 11) is 0. The van der Waals surface area contributed by atoms with Gasteiger partial charge in [0.25, 0.3) is 5.91 Å². The Labute approximate surface area is 164 Å². The van der Waals surface area contributed by atoms with Gasteiger partial charge in [0.1, 0.15) is 0 Å². The van der Waals surface area contributed by atoms with Gasteiger partial charge in [-0.15, -0.1) is 0 Å². The highest BCUT2D eigenvalue weighted by Crippen LogP contribution is 2.33. The highest BCUT2D eigenvalue weighted by molar-refractivity contribution is 6.35. The molecule has 1 aliphatic heterocycles. The lowest BCUT2D eigenvalue weighted by atomic mass is 9.98. The molecule has 2 heterocycles. The quantitative estimate of drug-likeness (QED) is 0.578. The molecular weight excluding hydrogens is 389 g/mol. The number of alkyl halides is 3. The van der Waals surface area contributed by atoms with Gasteiger partial charge in [-0.1, -0.05) is 29.8 Å². The average Bonchev–Trinajstić information content (AvgIpc) is 3.12. The van der Waals surface area contributed by atoms with Crippen molar-refractivity contribution in [1.82, 2.24) is 9.88 Å². The number of H-pyrrole nitrogens is 1. The number of nitrogens with zero attached hydrogens (tertiary/aromatic N) is 1. The van der Waals surface area contributed by atoms with Crippen LogP contribution in [-0.4, -0.2) is 28.9 Å². The van der Waals surface area contributed by atoms with E-state index in [1.165, 1.54) is 12.1 Å². The molecule has 1 aliphatic rings. The Hall–Kier alpha value is -2.73. The van der Waals surface area contributed by atoms with E-state index in [0.29, 0.717) is 24.5 Å². The number of amides is 1. The molecule has 4 rings (SSSR count). The second kappa shape index (κ2) is 7.02. The summed E-state index contributed by atoms with van der Waals surface area (Å²) in [5, 5.41) is 1.68. The summed E-state index contributed by atoms with van der Waals surface area (Å²) >= 11 is 6.21. The van der Waals surface area contributed by atoms with Gasteiger partial charge >= 0.3 is 6.18 Å². The number of nitrogens with one attached hydrogen (secondary N) is 1. The van der Waals surface area contributed by atoms with Crippen molar-refractivity contribution in [3.8, 4) is 0 Å². The Kier molecular flexibility index (Phi) is 4.67. The van der Waals surface area contributed by atoms with Crippen molar-refractivity contribution in [3.63, 3.8) is 0 Å². The molecule has 2 aromatic carbocycles. The SMILES string of the molecule is O=C(c1ccc(C(F)(F)F)cc1)N1CC=C(c2c[nH]c3c(Cl)cccc23)CC1. The first-order valence-corrected chi connectivity index (χ1v) is 9.14. The Bertz CT molecular complexity index is 1070. The number of para-hydroxylation sites is 1. The van der Waals surface area contributed by atoms with Crippen LogP contribution in [0.3, 0.4) is 0 Å². The summed E-state index contributed by atoms with van der Waals surface area (Å²) in [5.74, 6) is -0.272. The lowest BCUT2D eigenvalue weighted by molar-refractivity contribution is -0.137. The summed E-state index contributed by atoms with van der Waals surface area (Å²) in [6, 6.07) is 10.0. The van der Waals surface area contributed by atoms with Crippen LogP contribution in [0.2, 0.25) is 5.02 Å². The summed E-state index contributed by atoms with van der Waals surface area (Å²) in [4.78, 5) is 17.4. The maximum atomic E-state index is 12.7. The van der Waals surface area contributed by atoms with Crippen molar-refractivity contribution in [2.45, 2.75) is 12.6 Å². The highest BCUT2D eigenvalue weighted by Gasteiger charge is 2.30. The van der Waals surface area contributed by atoms with Crippen LogP contribution in [-0.2, 0) is 6.18 Å². The molecule has 0 bridgehead atoms. The Morgan fingerprint density at radius 2 is 1.86 bits per heavy atom. The normalized spacial score (nSPS) is 15.0. The van der Waals surface area contributed by atoms with Crippen LogP contribution in [0.15, 0.2) is 54.7 Å². The number of rotatable bonds is 2. The third-order valence-electron chi connectivity index (χ3n) is 4.97. The summed E-state index contributed by atoms with van der Waals surface area (Å²) < 4.78 is 38.0. The number of halogens is 4. The third kappa shape index (κ3) is 3.40. The molecule has 0 radical (unpaired) electrons. The Balaban J connectivity index is 1.52. The van der Waals surface area contributed by atoms with Crippen molar-refractivity contribution >= 4 is 34.0 Å². The molecule has 0 aliphatic carbocycles. The predicted octanol–water partition coefficient (Wildman–Crippen LogP) is 5.77. The van der Waals surface area contributed by atoms with Gasteiger partial charge in [0, 0.05) is 35.8 Å². The van der Waals surface area contributed by atoms with E-state index in [4.69, 9.17) is 11.6 Å². The summed E-state index contributed by atoms with van der Waals surface area (Å²) in [6.45, 7) is 0.904. The lowest BCUT2D eigenvalue weighted by Crippen LogP contribution is -2.34. The molecule has 0 saturated heterocycles. The first-order chi connectivity index (χ1) is 13.3. The van der Waals surface area contributed by atoms with Gasteiger partial charge in [0.05, 0.1) is 16.1 Å². The standard InChI is InChI=1S/C21H16ClF3N2O/c22-18-3-1-2-16-17(12-26-19(16)18)13-8-10-27(11-9-13)20(28)14-4-6-15(7-5-14)21(23,24)25/h1-8,12,26H,9-11H2. The maximum Gasteiger partial charge on any atom is 0.416 e. The first kappa shape index (κ1) is 18.6. The number of aromatic amines is 1. The minimum atomic E-state index is -4.41. The van der Waals surface area contributed by atoms with Crippen molar-refractivity contribution in [1.29, 1.82) is 0 Å². The van der Waals surface area contributed by atoms with Gasteiger partial charge in [-0.25, -0.2) is 0 Å². The van der Waals surface area contributed by atoms with E-state index in [-0.39, 0.29) is 11.5 Å². The molecule has 1 amide bonds. The van der Waals surface area contributed by atoms with Crippen molar-refractivity contribution < 1.29 is 18.0 Å². The van der Waals surface area contributed by atoms with Gasteiger partial charge < -0.3 is 9.88 Å². The van der Waals surface area contributed by atoms with E-state index in [0.717, 1.165) is 34.2 Å². The monoisotopic (exact) mass is 404 g/mol. The zero-order valence-corrected chi connectivity index (χ0v) is 15.4. The fraction of sp³-hybridized carbons (Fsp3) is 0.190. The van der Waals surface area contributed by atoms with Crippen molar-refractivity contribution in [2.24, 2.45) is 0 Å². The smallest absolute Gasteiger partial charge is 0.359 e. The number of carbonyl (C=O) groups is 1. The largest absolute Gasteiger partial charge is 0.416 e. The van der Waals surface area contributed by atoms with Crippen LogP contribution in [0.1, 0.15) is 27.9 Å². The van der Waals surface area contributed by atoms with E-state index in [1.54, 1.807) is 4.90 Å². The number of hydrogen-bond acceptors (Lipinski definition) is 1. The van der Waals surface area contributed by atoms with Gasteiger partial charge in [0.15, 0.2) is 0 Å². The number of benzene rings is 2. The van der Waals surface area contributed by atoms with E-state index >= 15 is 0 Å². The molecule has 0 spiro atoms. The van der Waals surface area contributed by atoms with Crippen LogP contribution >= 0.6 is 11.6 Å². The molecule has 3 nitrogen and oxygen atoms in total. The van der Waals surface area contributed by atoms with Crippen LogP contribution in [0.25, 0.3) is 16.5 Å². The first-order valence-electron chi connectivity index (χ1n) is 8.76.